The molecule has 2 aromatic heterocycles. The Hall–Kier alpha value is -1.09. The molecule has 0 aromatic carbocycles. The molecule has 0 atom stereocenters. The summed E-state index contributed by atoms with van der Waals surface area (Å²) in [6.07, 6.45) is 3.12. The molecule has 0 radical (unpaired) electrons. The number of halogens is 1. The van der Waals surface area contributed by atoms with Crippen LogP contribution < -0.4 is 5.32 Å². The third kappa shape index (κ3) is 5.77. The summed E-state index contributed by atoms with van der Waals surface area (Å²) >= 11 is 1.80. The Labute approximate surface area is 166 Å². The van der Waals surface area contributed by atoms with E-state index in [1.54, 1.807) is 11.3 Å². The minimum Gasteiger partial charge on any atom is -0.356 e. The monoisotopic (exact) mass is 461 g/mol. The number of hydrogen-bond donors (Lipinski definition) is 1. The van der Waals surface area contributed by atoms with Crippen LogP contribution in [0.25, 0.3) is 0 Å². The molecular weight excluding hydrogens is 433 g/mol. The van der Waals surface area contributed by atoms with Gasteiger partial charge in [0, 0.05) is 50.9 Å². The average Bonchev–Trinajstić information content (AvgIpc) is 3.13. The maximum absolute atomic E-state index is 4.58. The molecule has 24 heavy (non-hydrogen) atoms. The molecule has 7 heteroatoms. The van der Waals surface area contributed by atoms with Gasteiger partial charge in [-0.3, -0.25) is 9.67 Å². The van der Waals surface area contributed by atoms with Gasteiger partial charge in [0.1, 0.15) is 0 Å². The third-order valence-corrected chi connectivity index (χ3v) is 4.64. The molecule has 134 valence electrons. The first-order chi connectivity index (χ1) is 11.0. The molecule has 0 bridgehead atoms. The molecule has 1 N–H and O–H groups in total. The van der Waals surface area contributed by atoms with Crippen LogP contribution in [-0.2, 0) is 20.0 Å². The Morgan fingerprint density at radius 2 is 2.21 bits per heavy atom. The molecule has 5 nitrogen and oxygen atoms in total. The van der Waals surface area contributed by atoms with Crippen molar-refractivity contribution in [3.63, 3.8) is 0 Å². The lowest BCUT2D eigenvalue weighted by atomic mass is 10.1. The topological polar surface area (TPSA) is 45.5 Å². The Morgan fingerprint density at radius 3 is 2.79 bits per heavy atom. The second-order valence-electron chi connectivity index (χ2n) is 6.03. The fourth-order valence-electron chi connectivity index (χ4n) is 2.63. The number of aliphatic imine (C=N–C) groups is 1. The molecule has 2 heterocycles. The standard InChI is InChI=1S/C17H27N5S.HI/c1-13(2)16-14(12-22(5)20-16)11-21(4)17(18-3)19-9-8-15-7-6-10-23-15;/h6-7,10,12-13H,8-9,11H2,1-5H3,(H,18,19);1H. The van der Waals surface area contributed by atoms with Crippen LogP contribution in [0.1, 0.15) is 35.9 Å². The summed E-state index contributed by atoms with van der Waals surface area (Å²) in [5.74, 6) is 1.34. The van der Waals surface area contributed by atoms with Crippen molar-refractivity contribution in [3.05, 3.63) is 39.8 Å². The van der Waals surface area contributed by atoms with E-state index in [0.717, 1.165) is 31.2 Å². The number of nitrogens with zero attached hydrogens (tertiary/aromatic N) is 4. The molecule has 2 aromatic rings. The van der Waals surface area contributed by atoms with E-state index in [2.05, 4.69) is 64.9 Å². The molecular formula is C17H28IN5S. The van der Waals surface area contributed by atoms with Crippen molar-refractivity contribution in [1.29, 1.82) is 0 Å². The largest absolute Gasteiger partial charge is 0.356 e. The smallest absolute Gasteiger partial charge is 0.193 e. The Kier molecular flexibility index (Phi) is 8.75. The first kappa shape index (κ1) is 21.0. The van der Waals surface area contributed by atoms with Crippen molar-refractivity contribution in [2.75, 3.05) is 20.6 Å². The number of hydrogen-bond acceptors (Lipinski definition) is 3. The quantitative estimate of drug-likeness (QED) is 0.407. The maximum Gasteiger partial charge on any atom is 0.193 e. The molecule has 0 unspecified atom stereocenters. The number of thiophene rings is 1. The fourth-order valence-corrected chi connectivity index (χ4v) is 3.34. The molecule has 0 amide bonds. The van der Waals surface area contributed by atoms with E-state index in [0.29, 0.717) is 5.92 Å². The fraction of sp³-hybridized carbons (Fsp3) is 0.529. The second-order valence-corrected chi connectivity index (χ2v) is 7.06. The van der Waals surface area contributed by atoms with E-state index < -0.39 is 0 Å². The first-order valence-corrected chi connectivity index (χ1v) is 8.85. The Bertz CT molecular complexity index is 633. The third-order valence-electron chi connectivity index (χ3n) is 3.70. The molecule has 0 fully saturated rings. The summed E-state index contributed by atoms with van der Waals surface area (Å²) in [7, 11) is 5.87. The van der Waals surface area contributed by atoms with Crippen molar-refractivity contribution in [1.82, 2.24) is 20.0 Å². The summed E-state index contributed by atoms with van der Waals surface area (Å²) in [4.78, 5) is 7.94. The van der Waals surface area contributed by atoms with Gasteiger partial charge in [-0.15, -0.1) is 35.3 Å². The summed E-state index contributed by atoms with van der Waals surface area (Å²) in [5, 5.41) is 10.1. The van der Waals surface area contributed by atoms with Crippen molar-refractivity contribution < 1.29 is 0 Å². The second kappa shape index (κ2) is 10.0. The van der Waals surface area contributed by atoms with Crippen LogP contribution in [0.5, 0.6) is 0 Å². The molecule has 0 aliphatic heterocycles. The van der Waals surface area contributed by atoms with Crippen LogP contribution in [0, 0.1) is 0 Å². The van der Waals surface area contributed by atoms with Crippen LogP contribution in [0.3, 0.4) is 0 Å². The van der Waals surface area contributed by atoms with E-state index in [9.17, 15) is 0 Å². The van der Waals surface area contributed by atoms with Gasteiger partial charge in [-0.2, -0.15) is 5.10 Å². The lowest BCUT2D eigenvalue weighted by Crippen LogP contribution is -2.39. The molecule has 2 rings (SSSR count). The summed E-state index contributed by atoms with van der Waals surface area (Å²) in [5.41, 5.74) is 2.42. The highest BCUT2D eigenvalue weighted by Crippen LogP contribution is 2.18. The van der Waals surface area contributed by atoms with Gasteiger partial charge in [-0.25, -0.2) is 0 Å². The summed E-state index contributed by atoms with van der Waals surface area (Å²) in [6, 6.07) is 4.26. The Balaban J connectivity index is 0.00000288. The highest BCUT2D eigenvalue weighted by molar-refractivity contribution is 14.0. The van der Waals surface area contributed by atoms with Crippen molar-refractivity contribution in [2.45, 2.75) is 32.7 Å². The van der Waals surface area contributed by atoms with Gasteiger partial charge in [0.25, 0.3) is 0 Å². The van der Waals surface area contributed by atoms with Crippen molar-refractivity contribution >= 4 is 41.3 Å². The van der Waals surface area contributed by atoms with Crippen LogP contribution in [0.4, 0.5) is 0 Å². The van der Waals surface area contributed by atoms with E-state index in [1.807, 2.05) is 18.8 Å². The molecule has 0 saturated carbocycles. The van der Waals surface area contributed by atoms with E-state index >= 15 is 0 Å². The predicted octanol–water partition coefficient (Wildman–Crippen LogP) is 3.47. The van der Waals surface area contributed by atoms with Gasteiger partial charge in [0.05, 0.1) is 5.69 Å². The van der Waals surface area contributed by atoms with Gasteiger partial charge < -0.3 is 10.2 Å². The van der Waals surface area contributed by atoms with Gasteiger partial charge in [-0.05, 0) is 23.8 Å². The van der Waals surface area contributed by atoms with E-state index in [1.165, 1.54) is 10.4 Å². The maximum atomic E-state index is 4.58. The molecule has 0 aliphatic rings. The molecule has 0 saturated heterocycles. The summed E-state index contributed by atoms with van der Waals surface area (Å²) < 4.78 is 1.89. The number of aryl methyl sites for hydroxylation is 1. The summed E-state index contributed by atoms with van der Waals surface area (Å²) in [6.45, 7) is 6.06. The number of nitrogens with one attached hydrogen (secondary N) is 1. The number of guanidine groups is 1. The predicted molar refractivity (Wildman–Crippen MR) is 114 cm³/mol. The van der Waals surface area contributed by atoms with Crippen LogP contribution in [-0.4, -0.2) is 41.3 Å². The van der Waals surface area contributed by atoms with Gasteiger partial charge in [0.2, 0.25) is 0 Å². The van der Waals surface area contributed by atoms with E-state index in [4.69, 9.17) is 0 Å². The van der Waals surface area contributed by atoms with Crippen LogP contribution in [0.2, 0.25) is 0 Å². The van der Waals surface area contributed by atoms with Crippen LogP contribution in [0.15, 0.2) is 28.7 Å². The highest BCUT2D eigenvalue weighted by atomic mass is 127. The zero-order chi connectivity index (χ0) is 16.8. The van der Waals surface area contributed by atoms with Crippen molar-refractivity contribution in [3.8, 4) is 0 Å². The minimum absolute atomic E-state index is 0. The van der Waals surface area contributed by atoms with Crippen molar-refractivity contribution in [2.24, 2.45) is 12.0 Å². The lowest BCUT2D eigenvalue weighted by Gasteiger charge is -2.22. The van der Waals surface area contributed by atoms with Gasteiger partial charge >= 0.3 is 0 Å². The van der Waals surface area contributed by atoms with Gasteiger partial charge in [0.15, 0.2) is 5.96 Å². The van der Waals surface area contributed by atoms with Crippen LogP contribution >= 0.6 is 35.3 Å². The first-order valence-electron chi connectivity index (χ1n) is 7.97. The number of aromatic nitrogens is 2. The zero-order valence-corrected chi connectivity index (χ0v) is 18.3. The Morgan fingerprint density at radius 1 is 1.46 bits per heavy atom. The molecule has 0 spiro atoms. The molecule has 0 aliphatic carbocycles. The number of rotatable bonds is 6. The average molecular weight is 461 g/mol. The van der Waals surface area contributed by atoms with Gasteiger partial charge in [-0.1, -0.05) is 19.9 Å². The zero-order valence-electron chi connectivity index (χ0n) is 15.1. The van der Waals surface area contributed by atoms with E-state index in [-0.39, 0.29) is 24.0 Å². The lowest BCUT2D eigenvalue weighted by molar-refractivity contribution is 0.474. The highest BCUT2D eigenvalue weighted by Gasteiger charge is 2.14. The normalized spacial score (nSPS) is 11.5. The minimum atomic E-state index is 0. The SMILES string of the molecule is CN=C(NCCc1cccs1)N(C)Cc1cn(C)nc1C(C)C.I.